The zero-order chi connectivity index (χ0) is 19.1. The predicted molar refractivity (Wildman–Crippen MR) is 85.7 cm³/mol. The summed E-state index contributed by atoms with van der Waals surface area (Å²) in [7, 11) is 0. The quantitative estimate of drug-likeness (QED) is 0.443. The first-order chi connectivity index (χ1) is 11.2. The maximum Gasteiger partial charge on any atom is 0.338 e. The maximum absolute atomic E-state index is 12.5. The van der Waals surface area contributed by atoms with E-state index in [0.29, 0.717) is 0 Å². The minimum atomic E-state index is -1.54. The van der Waals surface area contributed by atoms with Crippen LogP contribution in [0, 0.1) is 23.2 Å². The SMILES string of the molecule is CCC(=O)C(C(=O)ON)C(C)[C@H](C)C(CC)(C(=O)CC)C(=O)ON. The lowest BCUT2D eigenvalue weighted by atomic mass is 9.62. The minimum absolute atomic E-state index is 0.0910. The van der Waals surface area contributed by atoms with Crippen molar-refractivity contribution < 1.29 is 28.9 Å². The van der Waals surface area contributed by atoms with Gasteiger partial charge >= 0.3 is 11.9 Å². The topological polar surface area (TPSA) is 139 Å². The molecule has 8 heteroatoms. The lowest BCUT2D eigenvalue weighted by Crippen LogP contribution is -2.50. The van der Waals surface area contributed by atoms with Gasteiger partial charge in [-0.1, -0.05) is 34.6 Å². The van der Waals surface area contributed by atoms with E-state index in [1.54, 1.807) is 34.6 Å². The number of nitrogens with two attached hydrogens (primary N) is 2. The third-order valence-electron chi connectivity index (χ3n) is 5.00. The highest BCUT2D eigenvalue weighted by Crippen LogP contribution is 2.42. The average molecular weight is 344 g/mol. The Hall–Kier alpha value is -1.80. The Morgan fingerprint density at radius 3 is 1.83 bits per heavy atom. The van der Waals surface area contributed by atoms with E-state index >= 15 is 0 Å². The van der Waals surface area contributed by atoms with Crippen molar-refractivity contribution in [2.24, 2.45) is 35.0 Å². The van der Waals surface area contributed by atoms with Gasteiger partial charge in [-0.05, 0) is 18.3 Å². The smallest absolute Gasteiger partial charge is 0.338 e. The van der Waals surface area contributed by atoms with Crippen LogP contribution in [0.1, 0.15) is 53.9 Å². The molecular weight excluding hydrogens is 316 g/mol. The fourth-order valence-corrected chi connectivity index (χ4v) is 3.31. The van der Waals surface area contributed by atoms with E-state index in [4.69, 9.17) is 11.8 Å². The highest BCUT2D eigenvalue weighted by atomic mass is 16.7. The first kappa shape index (κ1) is 22.2. The van der Waals surface area contributed by atoms with Crippen LogP contribution in [0.4, 0.5) is 0 Å². The van der Waals surface area contributed by atoms with E-state index in [1.807, 2.05) is 0 Å². The van der Waals surface area contributed by atoms with E-state index < -0.39 is 35.1 Å². The second-order valence-corrected chi connectivity index (χ2v) is 5.89. The van der Waals surface area contributed by atoms with Gasteiger partial charge in [0.2, 0.25) is 0 Å². The Morgan fingerprint density at radius 2 is 1.50 bits per heavy atom. The molecular formula is C16H28N2O6. The molecule has 0 aromatic rings. The van der Waals surface area contributed by atoms with Crippen molar-refractivity contribution in [3.05, 3.63) is 0 Å². The standard InChI is InChI=1S/C16H28N2O6/c1-6-11(19)13(14(21)23-17)9(4)10(5)16(8-3,12(20)7-2)15(22)24-18/h9-10,13H,6-8,17-18H2,1-5H3/t9?,10-,13?,16?/m0/s1. The molecule has 0 aromatic heterocycles. The minimum Gasteiger partial charge on any atom is -0.373 e. The van der Waals surface area contributed by atoms with E-state index in [-0.39, 0.29) is 30.8 Å². The largest absolute Gasteiger partial charge is 0.373 e. The third kappa shape index (κ3) is 3.99. The van der Waals surface area contributed by atoms with Gasteiger partial charge in [0.15, 0.2) is 0 Å². The van der Waals surface area contributed by atoms with Crippen LogP contribution < -0.4 is 11.8 Å². The molecule has 0 aromatic carbocycles. The molecule has 0 aliphatic heterocycles. The van der Waals surface area contributed by atoms with Crippen molar-refractivity contribution in [2.45, 2.75) is 53.9 Å². The third-order valence-corrected chi connectivity index (χ3v) is 5.00. The lowest BCUT2D eigenvalue weighted by molar-refractivity contribution is -0.171. The van der Waals surface area contributed by atoms with E-state index in [2.05, 4.69) is 9.68 Å². The van der Waals surface area contributed by atoms with Gasteiger partial charge in [-0.3, -0.25) is 9.59 Å². The Kier molecular flexibility index (Phi) is 8.77. The Balaban J connectivity index is 6.05. The summed E-state index contributed by atoms with van der Waals surface area (Å²) in [5, 5.41) is 0. The summed E-state index contributed by atoms with van der Waals surface area (Å²) in [5.41, 5.74) is -1.54. The van der Waals surface area contributed by atoms with Gasteiger partial charge in [0.05, 0.1) is 0 Å². The number of carbonyl (C=O) groups is 4. The van der Waals surface area contributed by atoms with Crippen LogP contribution in [0.5, 0.6) is 0 Å². The molecule has 0 amide bonds. The molecule has 0 fully saturated rings. The second kappa shape index (κ2) is 9.48. The zero-order valence-electron chi connectivity index (χ0n) is 15.0. The molecule has 24 heavy (non-hydrogen) atoms. The van der Waals surface area contributed by atoms with Gasteiger partial charge in [-0.2, -0.15) is 11.8 Å². The molecule has 4 N–H and O–H groups in total. The molecule has 0 bridgehead atoms. The molecule has 138 valence electrons. The van der Waals surface area contributed by atoms with Gasteiger partial charge in [0.1, 0.15) is 22.9 Å². The summed E-state index contributed by atoms with van der Waals surface area (Å²) in [6.07, 6.45) is 0.318. The van der Waals surface area contributed by atoms with Crippen LogP contribution in [0.15, 0.2) is 0 Å². The molecule has 0 heterocycles. The van der Waals surface area contributed by atoms with Crippen molar-refractivity contribution >= 4 is 23.5 Å². The number of ketones is 2. The number of hydrogen-bond acceptors (Lipinski definition) is 8. The normalized spacial score (nSPS) is 17.1. The van der Waals surface area contributed by atoms with E-state index in [0.717, 1.165) is 0 Å². The van der Waals surface area contributed by atoms with Crippen molar-refractivity contribution in [1.82, 2.24) is 0 Å². The van der Waals surface area contributed by atoms with Crippen LogP contribution in [-0.2, 0) is 28.9 Å². The van der Waals surface area contributed by atoms with Crippen molar-refractivity contribution in [1.29, 1.82) is 0 Å². The molecule has 0 spiro atoms. The summed E-state index contributed by atoms with van der Waals surface area (Å²) in [6, 6.07) is 0. The molecule has 3 unspecified atom stereocenters. The van der Waals surface area contributed by atoms with Crippen LogP contribution in [0.25, 0.3) is 0 Å². The van der Waals surface area contributed by atoms with Gasteiger partial charge in [0, 0.05) is 12.8 Å². The second-order valence-electron chi connectivity index (χ2n) is 5.89. The van der Waals surface area contributed by atoms with Crippen molar-refractivity contribution in [3.8, 4) is 0 Å². The van der Waals surface area contributed by atoms with Gasteiger partial charge in [0.25, 0.3) is 0 Å². The lowest BCUT2D eigenvalue weighted by Gasteiger charge is -2.38. The molecule has 0 aliphatic carbocycles. The summed E-state index contributed by atoms with van der Waals surface area (Å²) >= 11 is 0. The van der Waals surface area contributed by atoms with Gasteiger partial charge < -0.3 is 9.68 Å². The highest BCUT2D eigenvalue weighted by molar-refractivity contribution is 6.04. The number of hydrogen-bond donors (Lipinski definition) is 2. The van der Waals surface area contributed by atoms with Crippen LogP contribution in [0.2, 0.25) is 0 Å². The first-order valence-corrected chi connectivity index (χ1v) is 8.07. The summed E-state index contributed by atoms with van der Waals surface area (Å²) in [4.78, 5) is 57.6. The fourth-order valence-electron chi connectivity index (χ4n) is 3.31. The highest BCUT2D eigenvalue weighted by Gasteiger charge is 2.53. The van der Waals surface area contributed by atoms with E-state index in [9.17, 15) is 19.2 Å². The summed E-state index contributed by atoms with van der Waals surface area (Å²) < 4.78 is 0. The number of Topliss-reactive ketones (excluding diaryl/α,β-unsaturated/α-hetero) is 2. The van der Waals surface area contributed by atoms with Crippen molar-refractivity contribution in [3.63, 3.8) is 0 Å². The molecule has 4 atom stereocenters. The average Bonchev–Trinajstić information content (AvgIpc) is 2.61. The van der Waals surface area contributed by atoms with Gasteiger partial charge in [-0.15, -0.1) is 0 Å². The summed E-state index contributed by atoms with van der Waals surface area (Å²) in [6.45, 7) is 8.12. The van der Waals surface area contributed by atoms with Crippen LogP contribution in [0.3, 0.4) is 0 Å². The number of rotatable bonds is 10. The molecule has 0 radical (unpaired) electrons. The predicted octanol–water partition coefficient (Wildman–Crippen LogP) is 1.06. The van der Waals surface area contributed by atoms with E-state index in [1.165, 1.54) is 0 Å². The zero-order valence-corrected chi connectivity index (χ0v) is 15.0. The maximum atomic E-state index is 12.5. The molecule has 0 aliphatic rings. The molecule has 0 saturated carbocycles. The fraction of sp³-hybridized carbons (Fsp3) is 0.750. The van der Waals surface area contributed by atoms with Crippen LogP contribution in [-0.4, -0.2) is 23.5 Å². The van der Waals surface area contributed by atoms with Crippen LogP contribution >= 0.6 is 0 Å². The Bertz CT molecular complexity index is 459. The number of carbonyl (C=O) groups excluding carboxylic acids is 4. The summed E-state index contributed by atoms with van der Waals surface area (Å²) in [5.74, 6) is 4.93. The van der Waals surface area contributed by atoms with Gasteiger partial charge in [-0.25, -0.2) is 9.59 Å². The Morgan fingerprint density at radius 1 is 0.958 bits per heavy atom. The first-order valence-electron chi connectivity index (χ1n) is 8.07. The molecule has 8 nitrogen and oxygen atoms in total. The monoisotopic (exact) mass is 344 g/mol. The Labute approximate surface area is 142 Å². The molecule has 0 saturated heterocycles. The molecule has 0 rings (SSSR count). The van der Waals surface area contributed by atoms with Crippen molar-refractivity contribution in [2.75, 3.05) is 0 Å².